The minimum absolute atomic E-state index is 0.0277. The van der Waals surface area contributed by atoms with Crippen molar-refractivity contribution in [3.63, 3.8) is 0 Å². The predicted molar refractivity (Wildman–Crippen MR) is 56.8 cm³/mol. The van der Waals surface area contributed by atoms with Crippen LogP contribution in [0.1, 0.15) is 31.0 Å². The van der Waals surface area contributed by atoms with E-state index in [1.54, 1.807) is 0 Å². The quantitative estimate of drug-likeness (QED) is 0.739. The number of nitrogens with two attached hydrogens (primary N) is 1. The zero-order valence-electron chi connectivity index (χ0n) is 8.73. The van der Waals surface area contributed by atoms with E-state index in [2.05, 4.69) is 26.0 Å². The molecule has 0 bridgehead atoms. The maximum atomic E-state index is 6.17. The average Bonchev–Trinajstić information content (AvgIpc) is 2.18. The normalized spacial score (nSPS) is 26.3. The van der Waals surface area contributed by atoms with Crippen LogP contribution in [0.5, 0.6) is 0 Å². The molecular weight excluding hydrogens is 174 g/mol. The first-order valence-electron chi connectivity index (χ1n) is 5.15. The Morgan fingerprint density at radius 2 is 2.07 bits per heavy atom. The number of rotatable bonds is 1. The first-order valence-corrected chi connectivity index (χ1v) is 5.15. The molecule has 1 aliphatic heterocycles. The molecule has 2 rings (SSSR count). The highest BCUT2D eigenvalue weighted by atomic mass is 16.5. The molecule has 1 unspecified atom stereocenters. The van der Waals surface area contributed by atoms with Gasteiger partial charge in [0.25, 0.3) is 0 Å². The molecule has 1 aromatic carbocycles. The second-order valence-corrected chi connectivity index (χ2v) is 4.24. The minimum Gasteiger partial charge on any atom is -0.371 e. The fourth-order valence-electron chi connectivity index (χ4n) is 2.06. The Bertz CT molecular complexity index is 322. The van der Waals surface area contributed by atoms with Crippen LogP contribution in [-0.4, -0.2) is 6.10 Å². The highest BCUT2D eigenvalue weighted by Gasteiger charge is 2.29. The van der Waals surface area contributed by atoms with E-state index in [0.29, 0.717) is 12.5 Å². The van der Waals surface area contributed by atoms with Gasteiger partial charge in [0.05, 0.1) is 18.8 Å². The van der Waals surface area contributed by atoms with Crippen molar-refractivity contribution in [2.45, 2.75) is 32.6 Å². The largest absolute Gasteiger partial charge is 0.371 e. The molecule has 1 aliphatic rings. The van der Waals surface area contributed by atoms with Crippen molar-refractivity contribution in [2.75, 3.05) is 0 Å². The van der Waals surface area contributed by atoms with Gasteiger partial charge in [0.2, 0.25) is 0 Å². The summed E-state index contributed by atoms with van der Waals surface area (Å²) in [6.45, 7) is 5.00. The van der Waals surface area contributed by atoms with Crippen molar-refractivity contribution in [1.29, 1.82) is 0 Å². The highest BCUT2D eigenvalue weighted by Crippen LogP contribution is 2.30. The van der Waals surface area contributed by atoms with Gasteiger partial charge in [0, 0.05) is 0 Å². The van der Waals surface area contributed by atoms with Crippen LogP contribution in [0.4, 0.5) is 0 Å². The molecule has 2 nitrogen and oxygen atoms in total. The molecule has 0 radical (unpaired) electrons. The van der Waals surface area contributed by atoms with Crippen LogP contribution in [0.3, 0.4) is 0 Å². The Morgan fingerprint density at radius 1 is 1.36 bits per heavy atom. The molecule has 0 fully saturated rings. The van der Waals surface area contributed by atoms with Crippen LogP contribution in [0.15, 0.2) is 24.3 Å². The van der Waals surface area contributed by atoms with Gasteiger partial charge in [0.15, 0.2) is 0 Å². The van der Waals surface area contributed by atoms with Crippen LogP contribution in [-0.2, 0) is 11.3 Å². The maximum absolute atomic E-state index is 6.17. The van der Waals surface area contributed by atoms with Gasteiger partial charge in [-0.15, -0.1) is 0 Å². The van der Waals surface area contributed by atoms with Gasteiger partial charge < -0.3 is 10.5 Å². The highest BCUT2D eigenvalue weighted by molar-refractivity contribution is 5.31. The van der Waals surface area contributed by atoms with Crippen LogP contribution < -0.4 is 5.73 Å². The molecule has 0 amide bonds. The van der Waals surface area contributed by atoms with Crippen molar-refractivity contribution in [1.82, 2.24) is 0 Å². The van der Waals surface area contributed by atoms with E-state index >= 15 is 0 Å². The van der Waals surface area contributed by atoms with Crippen molar-refractivity contribution in [3.05, 3.63) is 35.4 Å². The van der Waals surface area contributed by atoms with Crippen molar-refractivity contribution < 1.29 is 4.74 Å². The van der Waals surface area contributed by atoms with Gasteiger partial charge in [-0.1, -0.05) is 38.1 Å². The third kappa shape index (κ3) is 1.56. The lowest BCUT2D eigenvalue weighted by molar-refractivity contribution is -0.0194. The summed E-state index contributed by atoms with van der Waals surface area (Å²) in [5, 5.41) is 0. The lowest BCUT2D eigenvalue weighted by Gasteiger charge is -2.33. The Morgan fingerprint density at radius 3 is 2.79 bits per heavy atom. The van der Waals surface area contributed by atoms with Gasteiger partial charge in [-0.05, 0) is 17.0 Å². The molecule has 76 valence electrons. The number of hydrogen-bond acceptors (Lipinski definition) is 2. The van der Waals surface area contributed by atoms with E-state index in [-0.39, 0.29) is 12.1 Å². The molecule has 1 heterocycles. The van der Waals surface area contributed by atoms with Gasteiger partial charge >= 0.3 is 0 Å². The molecule has 2 heteroatoms. The Labute approximate surface area is 85.1 Å². The van der Waals surface area contributed by atoms with Crippen molar-refractivity contribution in [2.24, 2.45) is 11.7 Å². The fourth-order valence-corrected chi connectivity index (χ4v) is 2.06. The predicted octanol–water partition coefficient (Wildman–Crippen LogP) is 2.24. The van der Waals surface area contributed by atoms with Crippen LogP contribution in [0.25, 0.3) is 0 Å². The SMILES string of the molecule is CC(C)[C@H]1OCc2ccccc2C1N. The number of hydrogen-bond donors (Lipinski definition) is 1. The average molecular weight is 191 g/mol. The smallest absolute Gasteiger partial charge is 0.0795 e. The van der Waals surface area contributed by atoms with Gasteiger partial charge in [0.1, 0.15) is 0 Å². The summed E-state index contributed by atoms with van der Waals surface area (Å²) in [6, 6.07) is 8.30. The van der Waals surface area contributed by atoms with E-state index < -0.39 is 0 Å². The van der Waals surface area contributed by atoms with E-state index in [4.69, 9.17) is 10.5 Å². The molecule has 1 aromatic rings. The summed E-state index contributed by atoms with van der Waals surface area (Å²) in [7, 11) is 0. The van der Waals surface area contributed by atoms with Gasteiger partial charge in [-0.2, -0.15) is 0 Å². The summed E-state index contributed by atoms with van der Waals surface area (Å²) < 4.78 is 5.75. The third-order valence-corrected chi connectivity index (χ3v) is 2.86. The zero-order chi connectivity index (χ0) is 10.1. The second kappa shape index (κ2) is 3.71. The summed E-state index contributed by atoms with van der Waals surface area (Å²) in [5.74, 6) is 0.471. The van der Waals surface area contributed by atoms with E-state index in [0.717, 1.165) is 0 Å². The Hall–Kier alpha value is -0.860. The molecule has 0 aliphatic carbocycles. The zero-order valence-corrected chi connectivity index (χ0v) is 8.73. The van der Waals surface area contributed by atoms with Gasteiger partial charge in [-0.3, -0.25) is 0 Å². The minimum atomic E-state index is 0.0277. The Kier molecular flexibility index (Phi) is 2.57. The second-order valence-electron chi connectivity index (χ2n) is 4.24. The first-order chi connectivity index (χ1) is 6.70. The van der Waals surface area contributed by atoms with Gasteiger partial charge in [-0.25, -0.2) is 0 Å². The van der Waals surface area contributed by atoms with Crippen LogP contribution in [0, 0.1) is 5.92 Å². The van der Waals surface area contributed by atoms with E-state index in [1.807, 2.05) is 12.1 Å². The molecule has 2 N–H and O–H groups in total. The molecule has 0 aromatic heterocycles. The summed E-state index contributed by atoms with van der Waals surface area (Å²) in [6.07, 6.45) is 0.157. The number of ether oxygens (including phenoxy) is 1. The molecule has 0 spiro atoms. The Balaban J connectivity index is 2.31. The van der Waals surface area contributed by atoms with Crippen LogP contribution >= 0.6 is 0 Å². The van der Waals surface area contributed by atoms with E-state index in [1.165, 1.54) is 11.1 Å². The molecule has 2 atom stereocenters. The molecule has 0 saturated carbocycles. The third-order valence-electron chi connectivity index (χ3n) is 2.86. The van der Waals surface area contributed by atoms with Crippen molar-refractivity contribution in [3.8, 4) is 0 Å². The summed E-state index contributed by atoms with van der Waals surface area (Å²) >= 11 is 0. The molecule has 14 heavy (non-hydrogen) atoms. The first kappa shape index (κ1) is 9.69. The lowest BCUT2D eigenvalue weighted by Crippen LogP contribution is -2.37. The fraction of sp³-hybridized carbons (Fsp3) is 0.500. The molecule has 0 saturated heterocycles. The van der Waals surface area contributed by atoms with Crippen LogP contribution in [0.2, 0.25) is 0 Å². The number of benzene rings is 1. The lowest BCUT2D eigenvalue weighted by atomic mass is 9.89. The topological polar surface area (TPSA) is 35.2 Å². The molecular formula is C12H17NO. The summed E-state index contributed by atoms with van der Waals surface area (Å²) in [5.41, 5.74) is 8.65. The number of fused-ring (bicyclic) bond motifs is 1. The van der Waals surface area contributed by atoms with E-state index in [9.17, 15) is 0 Å². The summed E-state index contributed by atoms with van der Waals surface area (Å²) in [4.78, 5) is 0. The monoisotopic (exact) mass is 191 g/mol. The van der Waals surface area contributed by atoms with Crippen molar-refractivity contribution >= 4 is 0 Å². The standard InChI is InChI=1S/C12H17NO/c1-8(2)12-11(13)10-6-4-3-5-9(10)7-14-12/h3-6,8,11-12H,7,13H2,1-2H3/t11?,12-/m1/s1. The maximum Gasteiger partial charge on any atom is 0.0795 e.